The highest BCUT2D eigenvalue weighted by atomic mass is 32.3. The Morgan fingerprint density at radius 3 is 2.22 bits per heavy atom. The summed E-state index contributed by atoms with van der Waals surface area (Å²) in [5.41, 5.74) is 1.88. The topological polar surface area (TPSA) is 25.8 Å². The summed E-state index contributed by atoms with van der Waals surface area (Å²) < 4.78 is 9.13. The van der Waals surface area contributed by atoms with Crippen molar-refractivity contribution in [3.63, 3.8) is 0 Å². The van der Waals surface area contributed by atoms with Crippen LogP contribution in [0.25, 0.3) is 11.4 Å². The molecule has 0 saturated carbocycles. The Labute approximate surface area is 226 Å². The Hall–Kier alpha value is 0.670. The molecular weight excluding hydrogens is 569 g/mol. The van der Waals surface area contributed by atoms with Gasteiger partial charge in [-0.2, -0.15) is 0 Å². The average molecular weight is 585 g/mol. The van der Waals surface area contributed by atoms with E-state index < -0.39 is 0 Å². The summed E-state index contributed by atoms with van der Waals surface area (Å²) in [7, 11) is 0. The Bertz CT molecular complexity index is 1110. The number of rotatable bonds is 4. The van der Waals surface area contributed by atoms with Crippen LogP contribution in [0.15, 0.2) is 73.0 Å². The van der Waals surface area contributed by atoms with E-state index in [0.717, 1.165) is 17.1 Å². The van der Waals surface area contributed by atoms with Gasteiger partial charge in [0.2, 0.25) is 0 Å². The van der Waals surface area contributed by atoms with Crippen molar-refractivity contribution in [2.24, 2.45) is 0 Å². The van der Waals surface area contributed by atoms with Gasteiger partial charge in [-0.25, -0.2) is 0 Å². The van der Waals surface area contributed by atoms with Gasteiger partial charge in [0.1, 0.15) is 0 Å². The molecule has 164 valence electrons. The highest BCUT2D eigenvalue weighted by Crippen LogP contribution is 2.68. The van der Waals surface area contributed by atoms with Crippen molar-refractivity contribution >= 4 is 106 Å². The van der Waals surface area contributed by atoms with Crippen LogP contribution < -0.4 is 0 Å². The van der Waals surface area contributed by atoms with Gasteiger partial charge in [-0.15, -0.1) is 58.8 Å². The number of pyridine rings is 2. The molecule has 4 aliphatic heterocycles. The van der Waals surface area contributed by atoms with Gasteiger partial charge >= 0.3 is 0 Å². The molecule has 0 fully saturated rings. The molecule has 6 rings (SSSR count). The Kier molecular flexibility index (Phi) is 7.75. The normalized spacial score (nSPS) is 23.1. The first-order chi connectivity index (χ1) is 15.8. The quantitative estimate of drug-likeness (QED) is 0.322. The predicted molar refractivity (Wildman–Crippen MR) is 158 cm³/mol. The average Bonchev–Trinajstić information content (AvgIpc) is 3.47. The lowest BCUT2D eigenvalue weighted by molar-refractivity contribution is 1.15. The van der Waals surface area contributed by atoms with Gasteiger partial charge in [-0.3, -0.25) is 9.97 Å². The summed E-state index contributed by atoms with van der Waals surface area (Å²) in [4.78, 5) is 10.2. The van der Waals surface area contributed by atoms with Gasteiger partial charge in [0.05, 0.1) is 36.8 Å². The molecule has 0 spiro atoms. The second kappa shape index (κ2) is 10.7. The van der Waals surface area contributed by atoms with E-state index in [2.05, 4.69) is 45.6 Å². The van der Waals surface area contributed by atoms with Crippen LogP contribution in [0.3, 0.4) is 0 Å². The first kappa shape index (κ1) is 23.1. The maximum Gasteiger partial charge on any atom is 0.0897 e. The van der Waals surface area contributed by atoms with Crippen LogP contribution >= 0.6 is 106 Å². The second-order valence-electron chi connectivity index (χ2n) is 6.78. The lowest BCUT2D eigenvalue weighted by atomic mass is 10.2. The predicted octanol–water partition coefficient (Wildman–Crippen LogP) is 8.90. The summed E-state index contributed by atoms with van der Waals surface area (Å²) in [6, 6.07) is 10.3. The lowest BCUT2D eigenvalue weighted by Gasteiger charge is -2.21. The molecule has 6 heterocycles. The van der Waals surface area contributed by atoms with Crippen LogP contribution in [-0.4, -0.2) is 38.2 Å². The minimum Gasteiger partial charge on any atom is -0.255 e. The van der Waals surface area contributed by atoms with Crippen LogP contribution in [-0.2, 0) is 0 Å². The fourth-order valence-electron chi connectivity index (χ4n) is 3.10. The number of aromatic nitrogens is 2. The highest BCUT2D eigenvalue weighted by molar-refractivity contribution is 8.45. The molecule has 0 aromatic carbocycles. The fraction of sp³-hybridized carbons (Fsp3) is 0.238. The monoisotopic (exact) mass is 584 g/mol. The summed E-state index contributed by atoms with van der Waals surface area (Å²) in [6.07, 6.45) is 3.73. The second-order valence-corrected chi connectivity index (χ2v) is 18.1. The maximum atomic E-state index is 4.51. The van der Waals surface area contributed by atoms with Gasteiger partial charge < -0.3 is 0 Å². The third-order valence-electron chi connectivity index (χ3n) is 4.56. The van der Waals surface area contributed by atoms with Gasteiger partial charge in [0.25, 0.3) is 0 Å². The van der Waals surface area contributed by atoms with E-state index in [1.807, 2.05) is 113 Å². The molecule has 2 aromatic heterocycles. The molecule has 0 N–H and O–H groups in total. The van der Waals surface area contributed by atoms with E-state index in [-0.39, 0.29) is 0 Å². The van der Waals surface area contributed by atoms with Crippen LogP contribution in [0.1, 0.15) is 0 Å². The van der Waals surface area contributed by atoms with Crippen molar-refractivity contribution in [2.45, 2.75) is 10.1 Å². The van der Waals surface area contributed by atoms with Crippen molar-refractivity contribution in [1.82, 2.24) is 9.97 Å². The van der Waals surface area contributed by atoms with Crippen LogP contribution in [0.2, 0.25) is 0 Å². The highest BCUT2D eigenvalue weighted by Gasteiger charge is 2.34. The zero-order valence-electron chi connectivity index (χ0n) is 16.5. The van der Waals surface area contributed by atoms with E-state index in [1.165, 1.54) is 47.6 Å². The minimum atomic E-state index is 0.633. The molecule has 2 aromatic rings. The number of hydrogen-bond donors (Lipinski definition) is 0. The lowest BCUT2D eigenvalue weighted by Crippen LogP contribution is -2.12. The van der Waals surface area contributed by atoms with Crippen molar-refractivity contribution in [1.29, 1.82) is 0 Å². The maximum absolute atomic E-state index is 4.51. The first-order valence-corrected chi connectivity index (χ1v) is 17.9. The van der Waals surface area contributed by atoms with E-state index in [4.69, 9.17) is 0 Å². The first-order valence-electron chi connectivity index (χ1n) is 9.81. The minimum absolute atomic E-state index is 0.633. The Balaban J connectivity index is 1.07. The molecule has 32 heavy (non-hydrogen) atoms. The van der Waals surface area contributed by atoms with Crippen molar-refractivity contribution < 1.29 is 0 Å². The van der Waals surface area contributed by atoms with Crippen molar-refractivity contribution in [3.05, 3.63) is 68.1 Å². The summed E-state index contributed by atoms with van der Waals surface area (Å²) in [5, 5.41) is 0.633. The molecule has 1 atom stereocenters. The van der Waals surface area contributed by atoms with Crippen molar-refractivity contribution in [2.75, 3.05) is 23.0 Å². The SMILES string of the molecule is c1ccc(-c2cc(SCC3CSC4=C(SC(=C5SC6=C(SCCS6)S5)S4)S3)ccn2)nc1. The standard InChI is InChI=1S/C21H16N2S9/c1-2-5-22-14(3-1)15-9-12(4-6-23-15)26-10-13-11-27-18-19(28-13)32-21(31-18)20-29-16-17(30-20)25-8-7-24-16/h1-6,9,13H,7-8,10-11H2. The molecule has 11 heteroatoms. The number of hydrogen-bond acceptors (Lipinski definition) is 11. The number of thioether (sulfide) groups is 9. The fourth-order valence-corrected chi connectivity index (χ4v) is 17.0. The largest absolute Gasteiger partial charge is 0.255 e. The van der Waals surface area contributed by atoms with Crippen LogP contribution in [0.4, 0.5) is 0 Å². The third-order valence-corrected chi connectivity index (χ3v) is 18.3. The zero-order chi connectivity index (χ0) is 21.3. The molecule has 4 aliphatic rings. The number of nitrogens with zero attached hydrogens (tertiary/aromatic N) is 2. The van der Waals surface area contributed by atoms with Gasteiger partial charge in [-0.1, -0.05) is 53.1 Å². The smallest absolute Gasteiger partial charge is 0.0897 e. The van der Waals surface area contributed by atoms with E-state index in [9.17, 15) is 0 Å². The van der Waals surface area contributed by atoms with E-state index in [0.29, 0.717) is 5.25 Å². The summed E-state index contributed by atoms with van der Waals surface area (Å²) >= 11 is 18.2. The van der Waals surface area contributed by atoms with Gasteiger partial charge in [0.15, 0.2) is 0 Å². The summed E-state index contributed by atoms with van der Waals surface area (Å²) in [5.74, 6) is 4.80. The molecule has 0 bridgehead atoms. The van der Waals surface area contributed by atoms with Gasteiger partial charge in [0, 0.05) is 45.6 Å². The van der Waals surface area contributed by atoms with Crippen LogP contribution in [0, 0.1) is 0 Å². The Morgan fingerprint density at radius 2 is 1.47 bits per heavy atom. The molecule has 0 amide bonds. The van der Waals surface area contributed by atoms with Crippen LogP contribution in [0.5, 0.6) is 0 Å². The molecular formula is C21H16N2S9. The Morgan fingerprint density at radius 1 is 0.750 bits per heavy atom. The van der Waals surface area contributed by atoms with Gasteiger partial charge in [-0.05, 0) is 24.3 Å². The van der Waals surface area contributed by atoms with E-state index in [1.54, 1.807) is 0 Å². The van der Waals surface area contributed by atoms with Crippen molar-refractivity contribution in [3.8, 4) is 11.4 Å². The van der Waals surface area contributed by atoms with E-state index >= 15 is 0 Å². The molecule has 0 radical (unpaired) electrons. The molecule has 1 unspecified atom stereocenters. The zero-order valence-corrected chi connectivity index (χ0v) is 23.9. The molecule has 0 aliphatic carbocycles. The third kappa shape index (κ3) is 5.26. The summed E-state index contributed by atoms with van der Waals surface area (Å²) in [6.45, 7) is 0. The molecule has 2 nitrogen and oxygen atoms in total. The molecule has 0 saturated heterocycles.